The Hall–Kier alpha value is -2.21. The molecule has 1 aromatic heterocycles. The largest absolute Gasteiger partial charge is 0.383 e. The normalized spacial score (nSPS) is 12.3. The van der Waals surface area contributed by atoms with E-state index in [2.05, 4.69) is 15.3 Å². The summed E-state index contributed by atoms with van der Waals surface area (Å²) in [5.74, 6) is 0.434. The lowest BCUT2D eigenvalue weighted by Crippen LogP contribution is -2.35. The van der Waals surface area contributed by atoms with E-state index in [4.69, 9.17) is 4.74 Å². The first-order valence-electron chi connectivity index (χ1n) is 6.86. The van der Waals surface area contributed by atoms with Crippen molar-refractivity contribution in [1.29, 1.82) is 0 Å². The van der Waals surface area contributed by atoms with Gasteiger partial charge in [0.1, 0.15) is 5.82 Å². The maximum absolute atomic E-state index is 11.9. The van der Waals surface area contributed by atoms with Crippen LogP contribution in [-0.4, -0.2) is 35.6 Å². The number of aryl methyl sites for hydroxylation is 1. The zero-order chi connectivity index (χ0) is 15.2. The maximum atomic E-state index is 11.9. The number of nitrogens with one attached hydrogen (secondary N) is 2. The van der Waals surface area contributed by atoms with Crippen LogP contribution in [0.15, 0.2) is 29.1 Å². The van der Waals surface area contributed by atoms with Crippen LogP contribution in [0, 0.1) is 0 Å². The van der Waals surface area contributed by atoms with Crippen molar-refractivity contribution in [2.24, 2.45) is 0 Å². The molecule has 0 unspecified atom stereocenters. The van der Waals surface area contributed by atoms with Gasteiger partial charge in [-0.15, -0.1) is 0 Å². The molecule has 112 valence electrons. The summed E-state index contributed by atoms with van der Waals surface area (Å²) in [7, 11) is 1.59. The van der Waals surface area contributed by atoms with Crippen LogP contribution < -0.4 is 10.9 Å². The number of methoxy groups -OCH3 is 1. The molecule has 1 amide bonds. The van der Waals surface area contributed by atoms with E-state index in [0.717, 1.165) is 0 Å². The van der Waals surface area contributed by atoms with E-state index < -0.39 is 0 Å². The zero-order valence-corrected chi connectivity index (χ0v) is 12.2. The number of rotatable bonds is 6. The molecule has 0 saturated heterocycles. The standard InChI is InChI=1S/C15H19N3O3/c1-10(9-21-2)16-14(19)8-7-13-17-12-6-4-3-5-11(12)15(20)18-13/h3-6,10H,7-9H2,1-2H3,(H,16,19)(H,17,18,20)/t10-/m0/s1. The van der Waals surface area contributed by atoms with E-state index in [9.17, 15) is 9.59 Å². The smallest absolute Gasteiger partial charge is 0.258 e. The number of hydrogen-bond acceptors (Lipinski definition) is 4. The number of H-pyrrole nitrogens is 1. The van der Waals surface area contributed by atoms with Crippen molar-refractivity contribution in [3.63, 3.8) is 0 Å². The minimum Gasteiger partial charge on any atom is -0.383 e. The van der Waals surface area contributed by atoms with Crippen LogP contribution in [0.4, 0.5) is 0 Å². The highest BCUT2D eigenvalue weighted by Crippen LogP contribution is 2.06. The molecule has 0 aliphatic rings. The number of aromatic amines is 1. The Labute approximate surface area is 122 Å². The van der Waals surface area contributed by atoms with Crippen molar-refractivity contribution >= 4 is 16.8 Å². The van der Waals surface area contributed by atoms with Gasteiger partial charge in [0.05, 0.1) is 17.5 Å². The molecule has 1 atom stereocenters. The third-order valence-electron chi connectivity index (χ3n) is 3.07. The van der Waals surface area contributed by atoms with Crippen LogP contribution in [0.3, 0.4) is 0 Å². The van der Waals surface area contributed by atoms with E-state index in [1.54, 1.807) is 25.3 Å². The molecular weight excluding hydrogens is 270 g/mol. The summed E-state index contributed by atoms with van der Waals surface area (Å²) in [5, 5.41) is 3.37. The number of carbonyl (C=O) groups is 1. The molecule has 2 aromatic rings. The van der Waals surface area contributed by atoms with Gasteiger partial charge in [-0.25, -0.2) is 4.98 Å². The molecule has 0 radical (unpaired) electrons. The summed E-state index contributed by atoms with van der Waals surface area (Å²) in [4.78, 5) is 30.7. The number of aromatic nitrogens is 2. The third kappa shape index (κ3) is 4.13. The first kappa shape index (κ1) is 15.2. The first-order chi connectivity index (χ1) is 10.1. The molecule has 1 aromatic carbocycles. The summed E-state index contributed by atoms with van der Waals surface area (Å²) >= 11 is 0. The van der Waals surface area contributed by atoms with Gasteiger partial charge in [-0.1, -0.05) is 12.1 Å². The van der Waals surface area contributed by atoms with Gasteiger partial charge in [-0.2, -0.15) is 0 Å². The third-order valence-corrected chi connectivity index (χ3v) is 3.07. The average Bonchev–Trinajstić information content (AvgIpc) is 2.45. The molecule has 0 saturated carbocycles. The Morgan fingerprint density at radius 3 is 2.95 bits per heavy atom. The van der Waals surface area contributed by atoms with E-state index in [0.29, 0.717) is 29.8 Å². The number of amides is 1. The Morgan fingerprint density at radius 1 is 1.43 bits per heavy atom. The molecule has 0 fully saturated rings. The molecular formula is C15H19N3O3. The fourth-order valence-electron chi connectivity index (χ4n) is 2.12. The first-order valence-corrected chi connectivity index (χ1v) is 6.86. The average molecular weight is 289 g/mol. The number of nitrogens with zero attached hydrogens (tertiary/aromatic N) is 1. The predicted octanol–water partition coefficient (Wildman–Crippen LogP) is 1.01. The molecule has 21 heavy (non-hydrogen) atoms. The molecule has 0 aliphatic carbocycles. The van der Waals surface area contributed by atoms with Crippen molar-refractivity contribution < 1.29 is 9.53 Å². The molecule has 0 aliphatic heterocycles. The Kier molecular flexibility index (Phi) is 5.05. The molecule has 6 heteroatoms. The highest BCUT2D eigenvalue weighted by molar-refractivity contribution is 5.78. The summed E-state index contributed by atoms with van der Waals surface area (Å²) in [6, 6.07) is 7.10. The lowest BCUT2D eigenvalue weighted by atomic mass is 10.2. The Balaban J connectivity index is 2.00. The van der Waals surface area contributed by atoms with E-state index in [1.807, 2.05) is 13.0 Å². The second-order valence-corrected chi connectivity index (χ2v) is 4.95. The summed E-state index contributed by atoms with van der Waals surface area (Å²) in [5.41, 5.74) is 0.466. The number of hydrogen-bond donors (Lipinski definition) is 2. The molecule has 0 bridgehead atoms. The molecule has 6 nitrogen and oxygen atoms in total. The van der Waals surface area contributed by atoms with Gasteiger partial charge in [0, 0.05) is 26.0 Å². The van der Waals surface area contributed by atoms with Crippen LogP contribution in [0.5, 0.6) is 0 Å². The highest BCUT2D eigenvalue weighted by Gasteiger charge is 2.09. The number of para-hydroxylation sites is 1. The molecule has 2 N–H and O–H groups in total. The topological polar surface area (TPSA) is 84.1 Å². The van der Waals surface area contributed by atoms with Crippen LogP contribution in [0.25, 0.3) is 10.9 Å². The van der Waals surface area contributed by atoms with Gasteiger partial charge in [0.15, 0.2) is 0 Å². The quantitative estimate of drug-likeness (QED) is 0.831. The maximum Gasteiger partial charge on any atom is 0.258 e. The van der Waals surface area contributed by atoms with Crippen LogP contribution in [0.2, 0.25) is 0 Å². The van der Waals surface area contributed by atoms with E-state index in [1.165, 1.54) is 0 Å². The molecule has 1 heterocycles. The van der Waals surface area contributed by atoms with Gasteiger partial charge in [0.2, 0.25) is 5.91 Å². The number of ether oxygens (including phenoxy) is 1. The van der Waals surface area contributed by atoms with Crippen molar-refractivity contribution in [3.8, 4) is 0 Å². The Bertz CT molecular complexity index is 681. The molecule has 0 spiro atoms. The lowest BCUT2D eigenvalue weighted by Gasteiger charge is -2.12. The van der Waals surface area contributed by atoms with Gasteiger partial charge >= 0.3 is 0 Å². The summed E-state index contributed by atoms with van der Waals surface area (Å²) in [6.07, 6.45) is 0.668. The summed E-state index contributed by atoms with van der Waals surface area (Å²) < 4.78 is 4.96. The van der Waals surface area contributed by atoms with Crippen LogP contribution in [0.1, 0.15) is 19.2 Å². The lowest BCUT2D eigenvalue weighted by molar-refractivity contribution is -0.122. The Morgan fingerprint density at radius 2 is 2.19 bits per heavy atom. The minimum absolute atomic E-state index is 0.0360. The monoisotopic (exact) mass is 289 g/mol. The second-order valence-electron chi connectivity index (χ2n) is 4.95. The fraction of sp³-hybridized carbons (Fsp3) is 0.400. The van der Waals surface area contributed by atoms with Crippen LogP contribution >= 0.6 is 0 Å². The number of fused-ring (bicyclic) bond motifs is 1. The van der Waals surface area contributed by atoms with E-state index >= 15 is 0 Å². The molecule has 2 rings (SSSR count). The fourth-order valence-corrected chi connectivity index (χ4v) is 2.12. The number of benzene rings is 1. The predicted molar refractivity (Wildman–Crippen MR) is 80.2 cm³/mol. The highest BCUT2D eigenvalue weighted by atomic mass is 16.5. The van der Waals surface area contributed by atoms with Gasteiger partial charge in [-0.05, 0) is 19.1 Å². The SMILES string of the molecule is COC[C@H](C)NC(=O)CCc1nc2ccccc2c(=O)[nH]1. The van der Waals surface area contributed by atoms with Gasteiger partial charge in [-0.3, -0.25) is 9.59 Å². The summed E-state index contributed by atoms with van der Waals surface area (Å²) in [6.45, 7) is 2.34. The zero-order valence-electron chi connectivity index (χ0n) is 12.2. The van der Waals surface area contributed by atoms with E-state index in [-0.39, 0.29) is 23.9 Å². The van der Waals surface area contributed by atoms with Crippen molar-refractivity contribution in [3.05, 3.63) is 40.4 Å². The van der Waals surface area contributed by atoms with Gasteiger partial charge < -0.3 is 15.0 Å². The van der Waals surface area contributed by atoms with Crippen molar-refractivity contribution in [2.45, 2.75) is 25.8 Å². The van der Waals surface area contributed by atoms with Gasteiger partial charge in [0.25, 0.3) is 5.56 Å². The minimum atomic E-state index is -0.177. The van der Waals surface area contributed by atoms with Crippen molar-refractivity contribution in [2.75, 3.05) is 13.7 Å². The second kappa shape index (κ2) is 6.99. The van der Waals surface area contributed by atoms with Crippen LogP contribution in [-0.2, 0) is 16.0 Å². The number of carbonyl (C=O) groups excluding carboxylic acids is 1. The van der Waals surface area contributed by atoms with Crippen molar-refractivity contribution in [1.82, 2.24) is 15.3 Å².